The maximum absolute atomic E-state index is 10.6. The van der Waals surface area contributed by atoms with Gasteiger partial charge in [0.15, 0.2) is 0 Å². The predicted octanol–water partition coefficient (Wildman–Crippen LogP) is 3.14. The molecule has 1 heterocycles. The van der Waals surface area contributed by atoms with Crippen molar-refractivity contribution >= 4 is 11.5 Å². The molecule has 0 aliphatic carbocycles. The van der Waals surface area contributed by atoms with E-state index in [1.54, 1.807) is 6.07 Å². The third kappa shape index (κ3) is 3.41. The molecule has 5 nitrogen and oxygen atoms in total. The van der Waals surface area contributed by atoms with E-state index in [9.17, 15) is 10.1 Å². The molecule has 94 valence electrons. The van der Waals surface area contributed by atoms with Crippen LogP contribution in [-0.2, 0) is 0 Å². The van der Waals surface area contributed by atoms with E-state index in [0.717, 1.165) is 17.8 Å². The van der Waals surface area contributed by atoms with Crippen LogP contribution in [0.2, 0.25) is 0 Å². The van der Waals surface area contributed by atoms with Gasteiger partial charge in [-0.3, -0.25) is 10.1 Å². The monoisotopic (exact) mass is 237 g/mol. The first-order valence-corrected chi connectivity index (χ1v) is 5.83. The summed E-state index contributed by atoms with van der Waals surface area (Å²) in [6.07, 6.45) is 2.29. The lowest BCUT2D eigenvalue weighted by atomic mass is 10.0. The third-order valence-corrected chi connectivity index (χ3v) is 2.84. The van der Waals surface area contributed by atoms with Crippen molar-refractivity contribution in [1.82, 2.24) is 4.98 Å². The minimum atomic E-state index is -0.427. The number of hydrogen-bond acceptors (Lipinski definition) is 4. The van der Waals surface area contributed by atoms with Crippen LogP contribution in [0.4, 0.5) is 11.5 Å². The zero-order valence-corrected chi connectivity index (χ0v) is 10.7. The van der Waals surface area contributed by atoms with Gasteiger partial charge in [-0.2, -0.15) is 0 Å². The minimum Gasteiger partial charge on any atom is -0.367 e. The molecule has 0 aliphatic heterocycles. The quantitative estimate of drug-likeness (QED) is 0.631. The van der Waals surface area contributed by atoms with Crippen LogP contribution >= 0.6 is 0 Å². The summed E-state index contributed by atoms with van der Waals surface area (Å²) in [4.78, 5) is 14.3. The van der Waals surface area contributed by atoms with Crippen molar-refractivity contribution in [2.45, 2.75) is 40.2 Å². The lowest BCUT2D eigenvalue weighted by Crippen LogP contribution is -2.25. The molecule has 0 aliphatic rings. The summed E-state index contributed by atoms with van der Waals surface area (Å²) in [5, 5.41) is 13.9. The molecule has 5 heteroatoms. The van der Waals surface area contributed by atoms with Crippen LogP contribution in [0.3, 0.4) is 0 Å². The summed E-state index contributed by atoms with van der Waals surface area (Å²) in [6, 6.07) is 1.88. The van der Waals surface area contributed by atoms with Gasteiger partial charge in [0.2, 0.25) is 0 Å². The molecule has 1 aromatic rings. The Hall–Kier alpha value is -1.65. The summed E-state index contributed by atoms with van der Waals surface area (Å²) >= 11 is 0. The molecule has 1 rings (SSSR count). The Bertz CT molecular complexity index is 405. The van der Waals surface area contributed by atoms with E-state index in [1.165, 1.54) is 6.20 Å². The Balaban J connectivity index is 2.89. The molecule has 0 fully saturated rings. The van der Waals surface area contributed by atoms with Crippen LogP contribution in [0.5, 0.6) is 0 Å². The van der Waals surface area contributed by atoms with Gasteiger partial charge in [0.1, 0.15) is 12.0 Å². The Morgan fingerprint density at radius 2 is 2.18 bits per heavy atom. The summed E-state index contributed by atoms with van der Waals surface area (Å²) < 4.78 is 0. The fourth-order valence-corrected chi connectivity index (χ4v) is 1.73. The molecule has 1 unspecified atom stereocenters. The highest BCUT2D eigenvalue weighted by Crippen LogP contribution is 2.20. The molecule has 0 saturated heterocycles. The SMILES string of the molecule is CCC(Nc1ncc([N+](=O)[O-])cc1C)C(C)C. The van der Waals surface area contributed by atoms with Crippen LogP contribution < -0.4 is 5.32 Å². The first-order chi connectivity index (χ1) is 7.95. The first-order valence-electron chi connectivity index (χ1n) is 5.83. The fraction of sp³-hybridized carbons (Fsp3) is 0.583. The molecular formula is C12H19N3O2. The van der Waals surface area contributed by atoms with Crippen molar-refractivity contribution in [3.63, 3.8) is 0 Å². The van der Waals surface area contributed by atoms with E-state index in [1.807, 2.05) is 6.92 Å². The topological polar surface area (TPSA) is 68.1 Å². The standard InChI is InChI=1S/C12H19N3O2/c1-5-11(8(2)3)14-12-9(4)6-10(7-13-12)15(16)17/h6-8,11H,5H2,1-4H3,(H,13,14). The molecule has 1 aromatic heterocycles. The van der Waals surface area contributed by atoms with Crippen molar-refractivity contribution in [1.29, 1.82) is 0 Å². The van der Waals surface area contributed by atoms with Crippen molar-refractivity contribution in [3.05, 3.63) is 27.9 Å². The minimum absolute atomic E-state index is 0.0330. The smallest absolute Gasteiger partial charge is 0.287 e. The van der Waals surface area contributed by atoms with Gasteiger partial charge < -0.3 is 5.32 Å². The molecule has 0 saturated carbocycles. The molecule has 1 N–H and O–H groups in total. The third-order valence-electron chi connectivity index (χ3n) is 2.84. The van der Waals surface area contributed by atoms with E-state index in [0.29, 0.717) is 12.0 Å². The lowest BCUT2D eigenvalue weighted by Gasteiger charge is -2.22. The van der Waals surface area contributed by atoms with Gasteiger partial charge in [0.25, 0.3) is 5.69 Å². The highest BCUT2D eigenvalue weighted by Gasteiger charge is 2.14. The van der Waals surface area contributed by atoms with Gasteiger partial charge in [0.05, 0.1) is 4.92 Å². The maximum atomic E-state index is 10.6. The van der Waals surface area contributed by atoms with Crippen LogP contribution in [0.1, 0.15) is 32.8 Å². The second kappa shape index (κ2) is 5.61. The Morgan fingerprint density at radius 3 is 2.59 bits per heavy atom. The molecule has 1 atom stereocenters. The average molecular weight is 237 g/mol. The zero-order chi connectivity index (χ0) is 13.0. The molecule has 0 amide bonds. The molecule has 0 spiro atoms. The average Bonchev–Trinajstić information content (AvgIpc) is 2.26. The Morgan fingerprint density at radius 1 is 1.53 bits per heavy atom. The second-order valence-electron chi connectivity index (χ2n) is 4.52. The van der Waals surface area contributed by atoms with E-state index in [-0.39, 0.29) is 5.69 Å². The van der Waals surface area contributed by atoms with Crippen LogP contribution in [0.25, 0.3) is 0 Å². The van der Waals surface area contributed by atoms with Gasteiger partial charge in [-0.1, -0.05) is 20.8 Å². The van der Waals surface area contributed by atoms with Crippen LogP contribution in [-0.4, -0.2) is 15.9 Å². The zero-order valence-electron chi connectivity index (χ0n) is 10.7. The first kappa shape index (κ1) is 13.4. The number of hydrogen-bond donors (Lipinski definition) is 1. The second-order valence-corrected chi connectivity index (χ2v) is 4.52. The normalized spacial score (nSPS) is 12.5. The Kier molecular flexibility index (Phi) is 4.43. The van der Waals surface area contributed by atoms with Gasteiger partial charge in [0, 0.05) is 12.1 Å². The Labute approximate surface area is 101 Å². The number of aryl methyl sites for hydroxylation is 1. The van der Waals surface area contributed by atoms with E-state index in [2.05, 4.69) is 31.1 Å². The number of nitrogens with one attached hydrogen (secondary N) is 1. The number of nitrogens with zero attached hydrogens (tertiary/aromatic N) is 2. The van der Waals surface area contributed by atoms with Crippen molar-refractivity contribution in [3.8, 4) is 0 Å². The van der Waals surface area contributed by atoms with Crippen molar-refractivity contribution < 1.29 is 4.92 Å². The van der Waals surface area contributed by atoms with Gasteiger partial charge in [-0.15, -0.1) is 0 Å². The summed E-state index contributed by atoms with van der Waals surface area (Å²) in [6.45, 7) is 8.22. The van der Waals surface area contributed by atoms with Gasteiger partial charge in [-0.25, -0.2) is 4.98 Å². The summed E-state index contributed by atoms with van der Waals surface area (Å²) in [7, 11) is 0. The maximum Gasteiger partial charge on any atom is 0.287 e. The molecule has 17 heavy (non-hydrogen) atoms. The van der Waals surface area contributed by atoms with E-state index in [4.69, 9.17) is 0 Å². The number of nitro groups is 1. The largest absolute Gasteiger partial charge is 0.367 e. The summed E-state index contributed by atoms with van der Waals surface area (Å²) in [5.74, 6) is 1.23. The number of aromatic nitrogens is 1. The van der Waals surface area contributed by atoms with Crippen LogP contribution in [0.15, 0.2) is 12.3 Å². The van der Waals surface area contributed by atoms with E-state index < -0.39 is 4.92 Å². The highest BCUT2D eigenvalue weighted by molar-refractivity contribution is 5.48. The predicted molar refractivity (Wildman–Crippen MR) is 68.2 cm³/mol. The fourth-order valence-electron chi connectivity index (χ4n) is 1.73. The number of rotatable bonds is 5. The van der Waals surface area contributed by atoms with Crippen molar-refractivity contribution in [2.75, 3.05) is 5.32 Å². The van der Waals surface area contributed by atoms with Gasteiger partial charge in [-0.05, 0) is 24.8 Å². The molecule has 0 aromatic carbocycles. The lowest BCUT2D eigenvalue weighted by molar-refractivity contribution is -0.385. The molecule has 0 bridgehead atoms. The molecule has 0 radical (unpaired) electrons. The summed E-state index contributed by atoms with van der Waals surface area (Å²) in [5.41, 5.74) is 0.837. The van der Waals surface area contributed by atoms with Crippen molar-refractivity contribution in [2.24, 2.45) is 5.92 Å². The van der Waals surface area contributed by atoms with Gasteiger partial charge >= 0.3 is 0 Å². The number of pyridine rings is 1. The number of anilines is 1. The highest BCUT2D eigenvalue weighted by atomic mass is 16.6. The van der Waals surface area contributed by atoms with E-state index >= 15 is 0 Å². The molecular weight excluding hydrogens is 218 g/mol. The van der Waals surface area contributed by atoms with Crippen LogP contribution in [0, 0.1) is 23.0 Å².